The van der Waals surface area contributed by atoms with E-state index in [1.807, 2.05) is 17.0 Å². The summed E-state index contributed by atoms with van der Waals surface area (Å²) >= 11 is 0. The van der Waals surface area contributed by atoms with Crippen molar-refractivity contribution in [2.75, 3.05) is 19.7 Å². The van der Waals surface area contributed by atoms with Crippen LogP contribution in [0.4, 0.5) is 13.2 Å². The van der Waals surface area contributed by atoms with Crippen LogP contribution >= 0.6 is 0 Å². The summed E-state index contributed by atoms with van der Waals surface area (Å²) in [4.78, 5) is 14.3. The first-order valence-electron chi connectivity index (χ1n) is 11.0. The zero-order valence-electron chi connectivity index (χ0n) is 17.8. The summed E-state index contributed by atoms with van der Waals surface area (Å²) in [5.41, 5.74) is 1.50. The third kappa shape index (κ3) is 4.52. The molecule has 2 aliphatic rings. The molecular weight excluding hydrogens is 437 g/mol. The quantitative estimate of drug-likeness (QED) is 0.590. The molecule has 2 saturated heterocycles. The average Bonchev–Trinajstić information content (AvgIpc) is 3.49. The number of amides is 1. The van der Waals surface area contributed by atoms with Crippen LogP contribution in [0, 0.1) is 0 Å². The number of rotatable bonds is 4. The number of fused-ring (bicyclic) bond motifs is 1. The molecule has 0 aliphatic carbocycles. The molecule has 1 atom stereocenters. The lowest BCUT2D eigenvalue weighted by molar-refractivity contribution is -0.145. The molecule has 2 fully saturated rings. The Morgan fingerprint density at radius 2 is 1.73 bits per heavy atom. The van der Waals surface area contributed by atoms with Crippen molar-refractivity contribution in [3.8, 4) is 16.9 Å². The summed E-state index contributed by atoms with van der Waals surface area (Å²) in [6, 6.07) is 10.4. The highest BCUT2D eigenvalue weighted by Gasteiger charge is 2.37. The number of carbonyl (C=O) groups is 1. The molecule has 0 spiro atoms. The molecule has 174 valence electrons. The molecule has 0 bridgehead atoms. The third-order valence-electron chi connectivity index (χ3n) is 6.11. The van der Waals surface area contributed by atoms with Crippen LogP contribution in [0.1, 0.15) is 31.5 Å². The molecule has 0 N–H and O–H groups in total. The van der Waals surface area contributed by atoms with Crippen molar-refractivity contribution in [3.05, 3.63) is 48.4 Å². The Bertz CT molecular complexity index is 1130. The molecule has 0 radical (unpaired) electrons. The van der Waals surface area contributed by atoms with Gasteiger partial charge in [0.05, 0.1) is 0 Å². The fourth-order valence-corrected chi connectivity index (χ4v) is 4.34. The van der Waals surface area contributed by atoms with Gasteiger partial charge in [0.25, 0.3) is 5.91 Å². The minimum Gasteiger partial charge on any atom is -0.490 e. The normalized spacial score (nSPS) is 19.8. The molecule has 3 aromatic rings. The van der Waals surface area contributed by atoms with Gasteiger partial charge in [-0.05, 0) is 48.2 Å². The van der Waals surface area contributed by atoms with Gasteiger partial charge < -0.3 is 14.4 Å². The molecule has 10 heteroatoms. The summed E-state index contributed by atoms with van der Waals surface area (Å²) in [6.45, 7) is 1.94. The zero-order valence-corrected chi connectivity index (χ0v) is 17.8. The van der Waals surface area contributed by atoms with Crippen molar-refractivity contribution >= 4 is 11.6 Å². The molecule has 7 nitrogen and oxygen atoms in total. The van der Waals surface area contributed by atoms with Crippen molar-refractivity contribution in [2.45, 2.75) is 44.1 Å². The maximum Gasteiger partial charge on any atom is 0.452 e. The maximum absolute atomic E-state index is 13.1. The molecule has 0 unspecified atom stereocenters. The second-order valence-corrected chi connectivity index (χ2v) is 8.34. The molecular formula is C23H23F3N4O3. The number of alkyl halides is 3. The number of halogens is 3. The molecule has 1 amide bonds. The van der Waals surface area contributed by atoms with Gasteiger partial charge in [0.2, 0.25) is 5.82 Å². The van der Waals surface area contributed by atoms with Gasteiger partial charge in [-0.3, -0.25) is 9.20 Å². The van der Waals surface area contributed by atoms with Gasteiger partial charge in [-0.15, -0.1) is 10.2 Å². The Morgan fingerprint density at radius 1 is 1.00 bits per heavy atom. The molecule has 4 heterocycles. The van der Waals surface area contributed by atoms with E-state index in [4.69, 9.17) is 9.47 Å². The van der Waals surface area contributed by atoms with Crippen LogP contribution in [0.3, 0.4) is 0 Å². The first-order chi connectivity index (χ1) is 15.9. The summed E-state index contributed by atoms with van der Waals surface area (Å²) < 4.78 is 51.9. The Hall–Kier alpha value is -3.14. The number of pyridine rings is 1. The van der Waals surface area contributed by atoms with Crippen molar-refractivity contribution in [2.24, 2.45) is 0 Å². The highest BCUT2D eigenvalue weighted by molar-refractivity contribution is 5.81. The molecule has 2 aromatic heterocycles. The minimum atomic E-state index is -4.58. The van der Waals surface area contributed by atoms with E-state index >= 15 is 0 Å². The third-order valence-corrected chi connectivity index (χ3v) is 6.11. The van der Waals surface area contributed by atoms with Gasteiger partial charge in [0.1, 0.15) is 18.0 Å². The summed E-state index contributed by atoms with van der Waals surface area (Å²) in [5, 5.41) is 6.83. The first-order valence-corrected chi connectivity index (χ1v) is 11.0. The number of likely N-dealkylation sites (tertiary alicyclic amines) is 1. The monoisotopic (exact) mass is 460 g/mol. The van der Waals surface area contributed by atoms with Gasteiger partial charge in [0, 0.05) is 38.7 Å². The highest BCUT2D eigenvalue weighted by Crippen LogP contribution is 2.30. The van der Waals surface area contributed by atoms with E-state index < -0.39 is 12.0 Å². The number of carbonyl (C=O) groups excluding carboxylic acids is 1. The number of piperidine rings is 1. The number of nitrogens with zero attached hydrogens (tertiary/aromatic N) is 4. The Morgan fingerprint density at radius 3 is 2.39 bits per heavy atom. The van der Waals surface area contributed by atoms with E-state index in [2.05, 4.69) is 10.2 Å². The van der Waals surface area contributed by atoms with Gasteiger partial charge in [-0.25, -0.2) is 0 Å². The standard InChI is InChI=1S/C23H23F3N4O3/c24-23(25,26)22-28-27-20-8-5-16(14-30(20)22)15-3-6-17(7-4-15)33-18-9-11-29(12-10-18)21(31)19-2-1-13-32-19/h3-8,14,18-19H,1-2,9-13H2/t19-/m1/s1. The van der Waals surface area contributed by atoms with E-state index in [9.17, 15) is 18.0 Å². The smallest absolute Gasteiger partial charge is 0.452 e. The lowest BCUT2D eigenvalue weighted by Gasteiger charge is -2.33. The lowest BCUT2D eigenvalue weighted by Crippen LogP contribution is -2.45. The molecule has 33 heavy (non-hydrogen) atoms. The van der Waals surface area contributed by atoms with E-state index in [0.717, 1.165) is 35.6 Å². The maximum atomic E-state index is 13.1. The van der Waals surface area contributed by atoms with Crippen LogP contribution in [0.25, 0.3) is 16.8 Å². The van der Waals surface area contributed by atoms with Crippen molar-refractivity contribution < 1.29 is 27.4 Å². The lowest BCUT2D eigenvalue weighted by atomic mass is 10.1. The Balaban J connectivity index is 1.22. The average molecular weight is 460 g/mol. The van der Waals surface area contributed by atoms with Gasteiger partial charge >= 0.3 is 6.18 Å². The molecule has 2 aliphatic heterocycles. The second-order valence-electron chi connectivity index (χ2n) is 8.34. The summed E-state index contributed by atoms with van der Waals surface area (Å²) in [6.07, 6.45) is -0.275. The van der Waals surface area contributed by atoms with Crippen molar-refractivity contribution in [3.63, 3.8) is 0 Å². The largest absolute Gasteiger partial charge is 0.490 e. The van der Waals surface area contributed by atoms with Crippen LogP contribution < -0.4 is 4.74 Å². The van der Waals surface area contributed by atoms with Gasteiger partial charge in [0.15, 0.2) is 5.65 Å². The van der Waals surface area contributed by atoms with Crippen LogP contribution in [-0.2, 0) is 15.7 Å². The van der Waals surface area contributed by atoms with E-state index in [1.165, 1.54) is 12.3 Å². The predicted octanol–water partition coefficient (Wildman–Crippen LogP) is 3.96. The minimum absolute atomic E-state index is 0.00659. The number of ether oxygens (including phenoxy) is 2. The van der Waals surface area contributed by atoms with Crippen molar-refractivity contribution in [1.82, 2.24) is 19.5 Å². The van der Waals surface area contributed by atoms with Crippen LogP contribution in [0.5, 0.6) is 5.75 Å². The zero-order chi connectivity index (χ0) is 23.0. The molecule has 1 aromatic carbocycles. The van der Waals surface area contributed by atoms with E-state index in [0.29, 0.717) is 31.0 Å². The molecule has 0 saturated carbocycles. The van der Waals surface area contributed by atoms with Crippen LogP contribution in [0.2, 0.25) is 0 Å². The van der Waals surface area contributed by atoms with E-state index in [-0.39, 0.29) is 23.8 Å². The Labute approximate surface area is 188 Å². The fourth-order valence-electron chi connectivity index (χ4n) is 4.34. The summed E-state index contributed by atoms with van der Waals surface area (Å²) in [5.74, 6) is -0.290. The highest BCUT2D eigenvalue weighted by atomic mass is 19.4. The van der Waals surface area contributed by atoms with Gasteiger partial charge in [-0.2, -0.15) is 13.2 Å². The number of aromatic nitrogens is 3. The summed E-state index contributed by atoms with van der Waals surface area (Å²) in [7, 11) is 0. The topological polar surface area (TPSA) is 69.0 Å². The molecule has 5 rings (SSSR count). The van der Waals surface area contributed by atoms with Gasteiger partial charge in [-0.1, -0.05) is 12.1 Å². The van der Waals surface area contributed by atoms with E-state index in [1.54, 1.807) is 18.2 Å². The number of benzene rings is 1. The number of hydrogen-bond acceptors (Lipinski definition) is 5. The van der Waals surface area contributed by atoms with Crippen LogP contribution in [-0.4, -0.2) is 57.3 Å². The fraction of sp³-hybridized carbons (Fsp3) is 0.435. The Kier molecular flexibility index (Phi) is 5.69. The number of hydrogen-bond donors (Lipinski definition) is 0. The predicted molar refractivity (Wildman–Crippen MR) is 113 cm³/mol. The van der Waals surface area contributed by atoms with Crippen molar-refractivity contribution in [1.29, 1.82) is 0 Å². The first kappa shape index (κ1) is 21.7. The second kappa shape index (κ2) is 8.66. The SMILES string of the molecule is O=C([C@H]1CCCO1)N1CCC(Oc2ccc(-c3ccc4nnc(C(F)(F)F)n4c3)cc2)CC1. The van der Waals surface area contributed by atoms with Crippen LogP contribution in [0.15, 0.2) is 42.6 Å².